The van der Waals surface area contributed by atoms with Crippen LogP contribution in [0, 0.1) is 11.8 Å². The van der Waals surface area contributed by atoms with Gasteiger partial charge in [-0.3, -0.25) is 19.2 Å². The van der Waals surface area contributed by atoms with E-state index in [-0.39, 0.29) is 64.0 Å². The van der Waals surface area contributed by atoms with Gasteiger partial charge in [0.1, 0.15) is 13.2 Å². The molecule has 1 aliphatic carbocycles. The molecule has 0 spiro atoms. The van der Waals surface area contributed by atoms with E-state index in [1.807, 2.05) is 0 Å². The molecule has 0 aromatic heterocycles. The number of rotatable bonds is 16. The smallest absolute Gasteiger partial charge is 0.309 e. The first-order chi connectivity index (χ1) is 15.2. The number of carbonyl (C=O) groups excluding carboxylic acids is 4. The number of allylic oxidation sites excluding steroid dienone is 2. The highest BCUT2D eigenvalue weighted by Crippen LogP contribution is 2.32. The van der Waals surface area contributed by atoms with Crippen LogP contribution in [-0.2, 0) is 38.1 Å². The van der Waals surface area contributed by atoms with E-state index in [2.05, 4.69) is 13.2 Å². The maximum Gasteiger partial charge on any atom is 0.309 e. The Morgan fingerprint density at radius 2 is 1.03 bits per heavy atom. The summed E-state index contributed by atoms with van der Waals surface area (Å²) >= 11 is 0. The lowest BCUT2D eigenvalue weighted by atomic mass is 9.79. The molecule has 8 nitrogen and oxygen atoms in total. The Bertz CT molecular complexity index is 623. The van der Waals surface area contributed by atoms with Crippen LogP contribution in [0.3, 0.4) is 0 Å². The van der Waals surface area contributed by atoms with Gasteiger partial charge in [0.2, 0.25) is 0 Å². The van der Waals surface area contributed by atoms with Gasteiger partial charge in [0, 0.05) is 12.8 Å². The zero-order chi connectivity index (χ0) is 23.9. The van der Waals surface area contributed by atoms with Gasteiger partial charge in [-0.1, -0.05) is 26.0 Å². The fourth-order valence-corrected chi connectivity index (χ4v) is 3.27. The standard InChI is InChI=1S/C24H36O8/c1-17(2)21(25)9-11-29-13-15-31-23(27)19-7-5-6-8-20(19)24(28)32-16-14-30-12-10-22(26)18(3)4/h19-20H,1,3,5-16H2,2,4H3. The van der Waals surface area contributed by atoms with Gasteiger partial charge in [-0.2, -0.15) is 0 Å². The average Bonchev–Trinajstić information content (AvgIpc) is 2.77. The Morgan fingerprint density at radius 1 is 0.656 bits per heavy atom. The second kappa shape index (κ2) is 15.5. The lowest BCUT2D eigenvalue weighted by molar-refractivity contribution is -0.164. The molecule has 0 bridgehead atoms. The van der Waals surface area contributed by atoms with Gasteiger partial charge < -0.3 is 18.9 Å². The molecule has 0 radical (unpaired) electrons. The Balaban J connectivity index is 2.28. The van der Waals surface area contributed by atoms with E-state index in [0.717, 1.165) is 12.8 Å². The highest BCUT2D eigenvalue weighted by atomic mass is 16.6. The minimum absolute atomic E-state index is 0.0590. The van der Waals surface area contributed by atoms with Gasteiger partial charge in [0.15, 0.2) is 11.6 Å². The van der Waals surface area contributed by atoms with Crippen molar-refractivity contribution in [3.63, 3.8) is 0 Å². The molecular formula is C24H36O8. The number of esters is 2. The topological polar surface area (TPSA) is 105 Å². The molecule has 0 N–H and O–H groups in total. The third-order valence-electron chi connectivity index (χ3n) is 5.21. The molecule has 0 aromatic carbocycles. The van der Waals surface area contributed by atoms with Crippen LogP contribution in [0.1, 0.15) is 52.4 Å². The third kappa shape index (κ3) is 10.8. The first-order valence-corrected chi connectivity index (χ1v) is 11.1. The third-order valence-corrected chi connectivity index (χ3v) is 5.21. The fourth-order valence-electron chi connectivity index (χ4n) is 3.27. The molecule has 2 unspecified atom stereocenters. The van der Waals surface area contributed by atoms with E-state index >= 15 is 0 Å². The Hall–Kier alpha value is -2.32. The van der Waals surface area contributed by atoms with Crippen molar-refractivity contribution in [2.75, 3.05) is 39.6 Å². The maximum atomic E-state index is 12.5. The maximum absolute atomic E-state index is 12.5. The number of hydrogen-bond donors (Lipinski definition) is 0. The summed E-state index contributed by atoms with van der Waals surface area (Å²) < 4.78 is 21.2. The second-order valence-corrected chi connectivity index (χ2v) is 7.96. The minimum Gasteiger partial charge on any atom is -0.463 e. The highest BCUT2D eigenvalue weighted by Gasteiger charge is 2.37. The van der Waals surface area contributed by atoms with Crippen LogP contribution < -0.4 is 0 Å². The lowest BCUT2D eigenvalue weighted by Crippen LogP contribution is -2.35. The average molecular weight is 453 g/mol. The summed E-state index contributed by atoms with van der Waals surface area (Å²) in [6.07, 6.45) is 3.34. The van der Waals surface area contributed by atoms with Crippen LogP contribution in [0.2, 0.25) is 0 Å². The summed E-state index contributed by atoms with van der Waals surface area (Å²) in [5, 5.41) is 0. The van der Waals surface area contributed by atoms with Crippen LogP contribution >= 0.6 is 0 Å². The molecule has 0 aromatic rings. The van der Waals surface area contributed by atoms with Crippen LogP contribution in [0.4, 0.5) is 0 Å². The zero-order valence-electron chi connectivity index (χ0n) is 19.3. The van der Waals surface area contributed by atoms with Gasteiger partial charge in [-0.15, -0.1) is 0 Å². The molecule has 1 aliphatic rings. The normalized spacial score (nSPS) is 17.9. The lowest BCUT2D eigenvalue weighted by Gasteiger charge is -2.28. The summed E-state index contributed by atoms with van der Waals surface area (Å²) in [5.41, 5.74) is 0.972. The molecule has 0 saturated heterocycles. The number of hydrogen-bond acceptors (Lipinski definition) is 8. The van der Waals surface area contributed by atoms with Crippen molar-refractivity contribution in [3.8, 4) is 0 Å². The van der Waals surface area contributed by atoms with Crippen LogP contribution in [0.5, 0.6) is 0 Å². The van der Waals surface area contributed by atoms with Gasteiger partial charge in [-0.25, -0.2) is 0 Å². The predicted molar refractivity (Wildman–Crippen MR) is 118 cm³/mol. The molecule has 0 aliphatic heterocycles. The Labute approximate surface area is 190 Å². The van der Waals surface area contributed by atoms with E-state index < -0.39 is 23.8 Å². The SMILES string of the molecule is C=C(C)C(=O)CCOCCOC(=O)C1CCCCC1C(=O)OCCOCCC(=O)C(=C)C. The van der Waals surface area contributed by atoms with Crippen molar-refractivity contribution in [2.45, 2.75) is 52.4 Å². The number of ketones is 2. The Kier molecular flexibility index (Phi) is 13.4. The molecule has 32 heavy (non-hydrogen) atoms. The molecule has 0 amide bonds. The molecule has 1 fully saturated rings. The molecule has 1 rings (SSSR count). The first kappa shape index (κ1) is 27.7. The predicted octanol–water partition coefficient (Wildman–Crippen LogP) is 2.98. The molecular weight excluding hydrogens is 416 g/mol. The number of Topliss-reactive ketones (excluding diaryl/α,β-unsaturated/α-hetero) is 2. The summed E-state index contributed by atoms with van der Waals surface area (Å²) in [6.45, 7) is 11.4. The summed E-state index contributed by atoms with van der Waals surface area (Å²) in [5.74, 6) is -2.04. The van der Waals surface area contributed by atoms with Crippen LogP contribution in [-0.4, -0.2) is 63.1 Å². The quantitative estimate of drug-likeness (QED) is 0.200. The van der Waals surface area contributed by atoms with E-state index in [1.54, 1.807) is 13.8 Å². The van der Waals surface area contributed by atoms with E-state index in [4.69, 9.17) is 18.9 Å². The van der Waals surface area contributed by atoms with Crippen molar-refractivity contribution in [1.29, 1.82) is 0 Å². The number of carbonyl (C=O) groups is 4. The van der Waals surface area contributed by atoms with Crippen molar-refractivity contribution in [1.82, 2.24) is 0 Å². The molecule has 0 heterocycles. The van der Waals surface area contributed by atoms with Crippen molar-refractivity contribution in [2.24, 2.45) is 11.8 Å². The number of ether oxygens (including phenoxy) is 4. The summed E-state index contributed by atoms with van der Waals surface area (Å²) in [6, 6.07) is 0. The minimum atomic E-state index is -0.532. The van der Waals surface area contributed by atoms with Crippen molar-refractivity contribution >= 4 is 23.5 Å². The summed E-state index contributed by atoms with van der Waals surface area (Å²) in [7, 11) is 0. The monoisotopic (exact) mass is 452 g/mol. The molecule has 2 atom stereocenters. The fraction of sp³-hybridized carbons (Fsp3) is 0.667. The van der Waals surface area contributed by atoms with Crippen LogP contribution in [0.25, 0.3) is 0 Å². The molecule has 8 heteroatoms. The van der Waals surface area contributed by atoms with E-state index in [9.17, 15) is 19.2 Å². The summed E-state index contributed by atoms with van der Waals surface area (Å²) in [4.78, 5) is 47.8. The van der Waals surface area contributed by atoms with Crippen molar-refractivity contribution in [3.05, 3.63) is 24.3 Å². The zero-order valence-corrected chi connectivity index (χ0v) is 19.3. The Morgan fingerprint density at radius 3 is 1.38 bits per heavy atom. The second-order valence-electron chi connectivity index (χ2n) is 7.96. The first-order valence-electron chi connectivity index (χ1n) is 11.1. The van der Waals surface area contributed by atoms with Gasteiger partial charge in [0.25, 0.3) is 0 Å². The molecule has 1 saturated carbocycles. The van der Waals surface area contributed by atoms with Crippen LogP contribution in [0.15, 0.2) is 24.3 Å². The van der Waals surface area contributed by atoms with Gasteiger partial charge in [0.05, 0.1) is 38.3 Å². The van der Waals surface area contributed by atoms with E-state index in [0.29, 0.717) is 24.0 Å². The van der Waals surface area contributed by atoms with E-state index in [1.165, 1.54) is 0 Å². The van der Waals surface area contributed by atoms with Gasteiger partial charge >= 0.3 is 11.9 Å². The van der Waals surface area contributed by atoms with Crippen molar-refractivity contribution < 1.29 is 38.1 Å². The largest absolute Gasteiger partial charge is 0.463 e. The molecule has 180 valence electrons. The highest BCUT2D eigenvalue weighted by molar-refractivity contribution is 5.94. The van der Waals surface area contributed by atoms with Gasteiger partial charge in [-0.05, 0) is 37.8 Å².